The molecule has 0 fully saturated rings. The lowest BCUT2D eigenvalue weighted by Gasteiger charge is -2.46. The lowest BCUT2D eigenvalue weighted by Crippen LogP contribution is -2.36. The molecule has 15 heavy (non-hydrogen) atoms. The Bertz CT molecular complexity index is 251. The Morgan fingerprint density at radius 2 is 1.40 bits per heavy atom. The minimum atomic E-state index is 0.105. The van der Waals surface area contributed by atoms with Crippen LogP contribution in [0, 0.1) is 16.7 Å². The summed E-state index contributed by atoms with van der Waals surface area (Å²) in [4.78, 5) is 0. The Balaban J connectivity index is 5.18. The third-order valence-corrected chi connectivity index (χ3v) is 4.37. The highest BCUT2D eigenvalue weighted by Gasteiger charge is 2.40. The standard InChI is InChI=1S/C15H28/c1-10-12(4)14(6,7)15(8,9)13(5)11(2)3/h11H,4-5,10H2,1-3,6-9H3. The quantitative estimate of drug-likeness (QED) is 0.544. The minimum absolute atomic E-state index is 0.105. The molecule has 88 valence electrons. The molecular weight excluding hydrogens is 180 g/mol. The molecule has 0 atom stereocenters. The summed E-state index contributed by atoms with van der Waals surface area (Å²) in [6.07, 6.45) is 1.04. The van der Waals surface area contributed by atoms with Crippen molar-refractivity contribution in [1.29, 1.82) is 0 Å². The molecule has 0 heteroatoms. The van der Waals surface area contributed by atoms with Gasteiger partial charge in [-0.25, -0.2) is 0 Å². The molecule has 0 nitrogen and oxygen atoms in total. The molecule has 0 radical (unpaired) electrons. The van der Waals surface area contributed by atoms with Gasteiger partial charge < -0.3 is 0 Å². The second kappa shape index (κ2) is 4.55. The maximum Gasteiger partial charge on any atom is -0.00566 e. The van der Waals surface area contributed by atoms with E-state index in [2.05, 4.69) is 61.6 Å². The lowest BCUT2D eigenvalue weighted by molar-refractivity contribution is 0.182. The Kier molecular flexibility index (Phi) is 4.39. The van der Waals surface area contributed by atoms with Gasteiger partial charge in [0.2, 0.25) is 0 Å². The van der Waals surface area contributed by atoms with Gasteiger partial charge in [-0.15, -0.1) is 0 Å². The van der Waals surface area contributed by atoms with Crippen molar-refractivity contribution in [2.24, 2.45) is 16.7 Å². The molecule has 0 saturated carbocycles. The Labute approximate surface area is 96.5 Å². The second-order valence-electron chi connectivity index (χ2n) is 5.89. The van der Waals surface area contributed by atoms with Crippen LogP contribution in [-0.4, -0.2) is 0 Å². The van der Waals surface area contributed by atoms with Gasteiger partial charge in [-0.1, -0.05) is 72.8 Å². The van der Waals surface area contributed by atoms with Crippen molar-refractivity contribution in [2.75, 3.05) is 0 Å². The van der Waals surface area contributed by atoms with Crippen LogP contribution >= 0.6 is 0 Å². The SMILES string of the molecule is C=C(CC)C(C)(C)C(C)(C)C(=C)C(C)C. The highest BCUT2D eigenvalue weighted by atomic mass is 14.4. The van der Waals surface area contributed by atoms with Gasteiger partial charge in [0.1, 0.15) is 0 Å². The van der Waals surface area contributed by atoms with Crippen LogP contribution in [0.4, 0.5) is 0 Å². The van der Waals surface area contributed by atoms with E-state index in [4.69, 9.17) is 0 Å². The fourth-order valence-corrected chi connectivity index (χ4v) is 2.01. The van der Waals surface area contributed by atoms with Gasteiger partial charge in [-0.05, 0) is 23.2 Å². The number of rotatable bonds is 5. The Morgan fingerprint density at radius 1 is 1.00 bits per heavy atom. The van der Waals surface area contributed by atoms with Crippen LogP contribution in [0.25, 0.3) is 0 Å². The molecule has 0 aromatic carbocycles. The summed E-state index contributed by atoms with van der Waals surface area (Å²) in [6, 6.07) is 0. The molecule has 0 aliphatic rings. The van der Waals surface area contributed by atoms with Crippen molar-refractivity contribution in [1.82, 2.24) is 0 Å². The molecule has 0 aliphatic carbocycles. The highest BCUT2D eigenvalue weighted by Crippen LogP contribution is 2.50. The van der Waals surface area contributed by atoms with Gasteiger partial charge in [0.25, 0.3) is 0 Å². The van der Waals surface area contributed by atoms with E-state index in [1.54, 1.807) is 0 Å². The predicted octanol–water partition coefficient (Wildman–Crippen LogP) is 5.22. The zero-order valence-electron chi connectivity index (χ0n) is 11.7. The summed E-state index contributed by atoms with van der Waals surface area (Å²) >= 11 is 0. The minimum Gasteiger partial charge on any atom is -0.0993 e. The average molecular weight is 208 g/mol. The van der Waals surface area contributed by atoms with E-state index in [9.17, 15) is 0 Å². The van der Waals surface area contributed by atoms with Crippen molar-refractivity contribution >= 4 is 0 Å². The summed E-state index contributed by atoms with van der Waals surface area (Å²) in [5.41, 5.74) is 2.86. The molecular formula is C15H28. The Hall–Kier alpha value is -0.520. The molecule has 0 unspecified atom stereocenters. The van der Waals surface area contributed by atoms with E-state index in [1.165, 1.54) is 11.1 Å². The number of hydrogen-bond acceptors (Lipinski definition) is 0. The van der Waals surface area contributed by atoms with Crippen LogP contribution in [0.5, 0.6) is 0 Å². The van der Waals surface area contributed by atoms with E-state index in [0.717, 1.165) is 6.42 Å². The van der Waals surface area contributed by atoms with Gasteiger partial charge in [0.15, 0.2) is 0 Å². The molecule has 0 heterocycles. The van der Waals surface area contributed by atoms with Crippen molar-refractivity contribution in [3.8, 4) is 0 Å². The first-order chi connectivity index (χ1) is 6.59. The van der Waals surface area contributed by atoms with Crippen LogP contribution < -0.4 is 0 Å². The maximum absolute atomic E-state index is 4.27. The Morgan fingerprint density at radius 3 is 1.67 bits per heavy atom. The molecule has 0 rings (SSSR count). The monoisotopic (exact) mass is 208 g/mol. The van der Waals surface area contributed by atoms with E-state index >= 15 is 0 Å². The topological polar surface area (TPSA) is 0 Å². The molecule has 0 amide bonds. The van der Waals surface area contributed by atoms with Crippen LogP contribution in [0.3, 0.4) is 0 Å². The lowest BCUT2D eigenvalue weighted by atomic mass is 9.59. The van der Waals surface area contributed by atoms with Gasteiger partial charge >= 0.3 is 0 Å². The smallest absolute Gasteiger partial charge is 0.00566 e. The molecule has 0 aromatic heterocycles. The molecule has 0 spiro atoms. The van der Waals surface area contributed by atoms with Crippen molar-refractivity contribution in [3.63, 3.8) is 0 Å². The number of allylic oxidation sites excluding steroid dienone is 2. The van der Waals surface area contributed by atoms with E-state index in [-0.39, 0.29) is 10.8 Å². The first-order valence-corrected chi connectivity index (χ1v) is 5.96. The summed E-state index contributed by atoms with van der Waals surface area (Å²) in [6.45, 7) is 24.2. The third-order valence-electron chi connectivity index (χ3n) is 4.37. The fraction of sp³-hybridized carbons (Fsp3) is 0.733. The first-order valence-electron chi connectivity index (χ1n) is 5.96. The fourth-order valence-electron chi connectivity index (χ4n) is 2.01. The van der Waals surface area contributed by atoms with Crippen molar-refractivity contribution < 1.29 is 0 Å². The largest absolute Gasteiger partial charge is 0.0993 e. The van der Waals surface area contributed by atoms with Gasteiger partial charge in [-0.3, -0.25) is 0 Å². The second-order valence-corrected chi connectivity index (χ2v) is 5.89. The van der Waals surface area contributed by atoms with Crippen LogP contribution in [0.15, 0.2) is 24.3 Å². The van der Waals surface area contributed by atoms with Crippen molar-refractivity contribution in [2.45, 2.75) is 54.9 Å². The molecule has 0 bridgehead atoms. The third kappa shape index (κ3) is 2.53. The van der Waals surface area contributed by atoms with Crippen LogP contribution in [-0.2, 0) is 0 Å². The normalized spacial score (nSPS) is 13.1. The van der Waals surface area contributed by atoms with Crippen LogP contribution in [0.2, 0.25) is 0 Å². The van der Waals surface area contributed by atoms with E-state index < -0.39 is 0 Å². The van der Waals surface area contributed by atoms with E-state index in [1.807, 2.05) is 0 Å². The molecule has 0 aliphatic heterocycles. The zero-order chi connectivity index (χ0) is 12.4. The summed E-state index contributed by atoms with van der Waals surface area (Å²) < 4.78 is 0. The van der Waals surface area contributed by atoms with E-state index in [0.29, 0.717) is 5.92 Å². The zero-order valence-corrected chi connectivity index (χ0v) is 11.7. The molecule has 0 saturated heterocycles. The van der Waals surface area contributed by atoms with Gasteiger partial charge in [0.05, 0.1) is 0 Å². The van der Waals surface area contributed by atoms with Crippen LogP contribution in [0.1, 0.15) is 54.9 Å². The summed E-state index contributed by atoms with van der Waals surface area (Å²) in [5.74, 6) is 0.531. The van der Waals surface area contributed by atoms with Crippen molar-refractivity contribution in [3.05, 3.63) is 24.3 Å². The maximum atomic E-state index is 4.27. The number of hydrogen-bond donors (Lipinski definition) is 0. The van der Waals surface area contributed by atoms with Gasteiger partial charge in [0, 0.05) is 0 Å². The first kappa shape index (κ1) is 14.5. The molecule has 0 aromatic rings. The summed E-state index contributed by atoms with van der Waals surface area (Å²) in [7, 11) is 0. The van der Waals surface area contributed by atoms with Gasteiger partial charge in [-0.2, -0.15) is 0 Å². The molecule has 0 N–H and O–H groups in total. The average Bonchev–Trinajstić information content (AvgIpc) is 2.14. The summed E-state index contributed by atoms with van der Waals surface area (Å²) in [5, 5.41) is 0. The predicted molar refractivity (Wildman–Crippen MR) is 71.0 cm³/mol. The highest BCUT2D eigenvalue weighted by molar-refractivity contribution is 5.23.